The molecule has 4 heterocycles. The normalized spacial score (nSPS) is 14.2. The number of likely N-dealkylation sites (tertiary alicyclic amines) is 1. The third-order valence-electron chi connectivity index (χ3n) is 8.01. The number of carbonyl (C=O) groups excluding carboxylic acids is 4. The average molecular weight is 685 g/mol. The molecule has 3 aromatic heterocycles. The van der Waals surface area contributed by atoms with Gasteiger partial charge in [-0.25, -0.2) is 9.18 Å². The highest BCUT2D eigenvalue weighted by Gasteiger charge is 2.32. The lowest BCUT2D eigenvalue weighted by atomic mass is 10.1. The van der Waals surface area contributed by atoms with Gasteiger partial charge in [-0.2, -0.15) is 0 Å². The lowest BCUT2D eigenvalue weighted by Crippen LogP contribution is -2.51. The van der Waals surface area contributed by atoms with Crippen molar-refractivity contribution in [3.05, 3.63) is 86.8 Å². The number of benzene rings is 1. The summed E-state index contributed by atoms with van der Waals surface area (Å²) < 4.78 is 15.9. The lowest BCUT2D eigenvalue weighted by molar-refractivity contribution is -0.807. The van der Waals surface area contributed by atoms with Crippen LogP contribution >= 0.6 is 22.9 Å². The van der Waals surface area contributed by atoms with Crippen molar-refractivity contribution in [2.45, 2.75) is 18.9 Å². The monoisotopic (exact) mass is 684 g/mol. The second kappa shape index (κ2) is 14.2. The number of aliphatic hydroxyl groups excluding tert-OH is 1. The number of H-pyrrole nitrogens is 1. The molecule has 0 radical (unpaired) electrons. The van der Waals surface area contributed by atoms with E-state index in [1.807, 2.05) is 14.1 Å². The van der Waals surface area contributed by atoms with Crippen LogP contribution in [0.2, 0.25) is 5.02 Å². The summed E-state index contributed by atoms with van der Waals surface area (Å²) in [6, 6.07) is 8.27. The smallest absolute Gasteiger partial charge is 0.362 e. The van der Waals surface area contributed by atoms with Gasteiger partial charge in [-0.1, -0.05) is 11.6 Å². The maximum atomic E-state index is 14.1. The van der Waals surface area contributed by atoms with Crippen molar-refractivity contribution in [2.75, 3.05) is 56.2 Å². The van der Waals surface area contributed by atoms with Crippen molar-refractivity contribution in [2.24, 2.45) is 7.05 Å². The van der Waals surface area contributed by atoms with Gasteiger partial charge in [0.2, 0.25) is 0 Å². The summed E-state index contributed by atoms with van der Waals surface area (Å²) in [5.41, 5.74) is 1.50. The van der Waals surface area contributed by atoms with Gasteiger partial charge in [0.15, 0.2) is 0 Å². The molecule has 4 amide bonds. The Morgan fingerprint density at radius 2 is 1.70 bits per heavy atom. The van der Waals surface area contributed by atoms with Gasteiger partial charge in [-0.05, 0) is 49.2 Å². The molecule has 5 rings (SSSR count). The molecule has 15 heteroatoms. The highest BCUT2D eigenvalue weighted by Crippen LogP contribution is 2.24. The second-order valence-corrected chi connectivity index (χ2v) is 13.3. The minimum Gasteiger partial charge on any atom is -0.393 e. The highest BCUT2D eigenvalue weighted by molar-refractivity contribution is 7.12. The summed E-state index contributed by atoms with van der Waals surface area (Å²) in [5, 5.41) is 19.6. The van der Waals surface area contributed by atoms with Gasteiger partial charge in [-0.3, -0.25) is 23.8 Å². The first-order chi connectivity index (χ1) is 22.3. The van der Waals surface area contributed by atoms with Crippen LogP contribution < -0.4 is 16.0 Å². The Balaban J connectivity index is 1.15. The van der Waals surface area contributed by atoms with Gasteiger partial charge in [0, 0.05) is 49.5 Å². The fourth-order valence-corrected chi connectivity index (χ4v) is 6.07. The number of hydrogen-bond acceptors (Lipinski definition) is 7. The number of halogens is 2. The van der Waals surface area contributed by atoms with E-state index in [9.17, 15) is 28.7 Å². The van der Waals surface area contributed by atoms with E-state index < -0.39 is 23.5 Å². The first-order valence-corrected chi connectivity index (χ1v) is 16.2. The van der Waals surface area contributed by atoms with Crippen molar-refractivity contribution >= 4 is 63.6 Å². The molecule has 1 aliphatic heterocycles. The van der Waals surface area contributed by atoms with E-state index in [2.05, 4.69) is 25.8 Å². The number of rotatable bonds is 10. The van der Waals surface area contributed by atoms with E-state index in [1.165, 1.54) is 30.5 Å². The molecule has 1 aliphatic rings. The summed E-state index contributed by atoms with van der Waals surface area (Å²) in [6.45, 7) is 2.97. The number of aromatic nitrogens is 2. The number of piperidine rings is 1. The first-order valence-electron chi connectivity index (χ1n) is 14.9. The average Bonchev–Trinajstić information content (AvgIpc) is 3.77. The van der Waals surface area contributed by atoms with Crippen LogP contribution in [0.15, 0.2) is 54.2 Å². The van der Waals surface area contributed by atoms with Crippen molar-refractivity contribution < 1.29 is 33.2 Å². The molecule has 4 aromatic rings. The summed E-state index contributed by atoms with van der Waals surface area (Å²) in [5.74, 6) is -2.48. The number of thiophene rings is 1. The van der Waals surface area contributed by atoms with E-state index in [0.29, 0.717) is 28.5 Å². The van der Waals surface area contributed by atoms with Gasteiger partial charge >= 0.3 is 5.91 Å². The van der Waals surface area contributed by atoms with Gasteiger partial charge in [-0.15, -0.1) is 11.3 Å². The largest absolute Gasteiger partial charge is 0.393 e. The first kappa shape index (κ1) is 34.0. The van der Waals surface area contributed by atoms with Crippen molar-refractivity contribution in [1.29, 1.82) is 0 Å². The number of anilines is 3. The van der Waals surface area contributed by atoms with Gasteiger partial charge in [0.05, 0.1) is 54.2 Å². The van der Waals surface area contributed by atoms with Crippen LogP contribution in [0, 0.1) is 5.82 Å². The van der Waals surface area contributed by atoms with Crippen LogP contribution in [-0.2, 0) is 7.05 Å². The molecular formula is C32H36ClFN7O5S+. The number of quaternary nitrogens is 1. The van der Waals surface area contributed by atoms with Crippen LogP contribution in [-0.4, -0.2) is 94.0 Å². The minimum absolute atomic E-state index is 0.0876. The van der Waals surface area contributed by atoms with Gasteiger partial charge in [0.25, 0.3) is 17.7 Å². The third-order valence-corrected chi connectivity index (χ3v) is 9.17. The summed E-state index contributed by atoms with van der Waals surface area (Å²) in [4.78, 5) is 57.1. The minimum atomic E-state index is -0.771. The number of hydrogen-bond donors (Lipinski definition) is 5. The van der Waals surface area contributed by atoms with E-state index in [0.717, 1.165) is 49.9 Å². The third kappa shape index (κ3) is 8.34. The second-order valence-electron chi connectivity index (χ2n) is 12.0. The molecule has 1 saturated heterocycles. The molecule has 248 valence electrons. The zero-order valence-corrected chi connectivity index (χ0v) is 27.7. The number of nitrogens with one attached hydrogen (secondary N) is 4. The number of carbonyl (C=O) groups is 4. The van der Waals surface area contributed by atoms with E-state index in [-0.39, 0.29) is 38.5 Å². The Morgan fingerprint density at radius 3 is 2.43 bits per heavy atom. The fourth-order valence-electron chi connectivity index (χ4n) is 5.17. The molecule has 0 spiro atoms. The van der Waals surface area contributed by atoms with Crippen LogP contribution in [0.4, 0.5) is 21.5 Å². The standard InChI is InChI=1S/C32H35ClFN7O5S/c1-39-17-21(14-27(39)32(46)41(2,3)11-10-40-8-6-23(42)7-9-40)37-31(45)28-15-22(18-47-28)38-30(44)26-13-20(16-35-26)36-29(43)24-5-4-19(33)12-25(24)34/h4-5,12-18,23,42H,6-11H2,1-3H3,(H3-,35,36,37,38,43,44,45)/p+1. The zero-order valence-electron chi connectivity index (χ0n) is 26.1. The topological polar surface area (TPSA) is 149 Å². The Hall–Kier alpha value is -4.34. The number of aryl methyl sites for hydroxylation is 1. The van der Waals surface area contributed by atoms with Crippen LogP contribution in [0.5, 0.6) is 0 Å². The predicted octanol–water partition coefficient (Wildman–Crippen LogP) is 4.64. The quantitative estimate of drug-likeness (QED) is 0.154. The Labute approximate surface area is 279 Å². The molecular weight excluding hydrogens is 649 g/mol. The summed E-state index contributed by atoms with van der Waals surface area (Å²) in [7, 11) is 5.47. The Morgan fingerprint density at radius 1 is 1.00 bits per heavy atom. The summed E-state index contributed by atoms with van der Waals surface area (Å²) >= 11 is 6.88. The molecule has 0 unspecified atom stereocenters. The molecule has 0 atom stereocenters. The SMILES string of the molecule is Cn1cc(NC(=O)c2cc(NC(=O)c3cc(NC(=O)c4ccc(Cl)cc4F)c[nH]3)cs2)cc1C(=O)[N+](C)(C)CCN1CCC(O)CC1. The van der Waals surface area contributed by atoms with Crippen LogP contribution in [0.1, 0.15) is 53.8 Å². The Kier molecular flexibility index (Phi) is 10.3. The molecule has 5 N–H and O–H groups in total. The number of amides is 4. The van der Waals surface area contributed by atoms with Crippen molar-refractivity contribution in [3.63, 3.8) is 0 Å². The van der Waals surface area contributed by atoms with Gasteiger partial charge in [0.1, 0.15) is 17.2 Å². The number of nitrogens with zero attached hydrogens (tertiary/aromatic N) is 3. The molecule has 12 nitrogen and oxygen atoms in total. The van der Waals surface area contributed by atoms with Crippen molar-refractivity contribution in [3.8, 4) is 0 Å². The summed E-state index contributed by atoms with van der Waals surface area (Å²) in [6.07, 6.45) is 4.31. The maximum Gasteiger partial charge on any atom is 0.362 e. The molecule has 1 fully saturated rings. The molecule has 0 bridgehead atoms. The number of likely N-dealkylation sites (N-methyl/N-ethyl adjacent to an activating group) is 1. The molecule has 47 heavy (non-hydrogen) atoms. The van der Waals surface area contributed by atoms with E-state index in [1.54, 1.807) is 29.3 Å². The molecule has 0 aliphatic carbocycles. The fraction of sp³-hybridized carbons (Fsp3) is 0.312. The predicted molar refractivity (Wildman–Crippen MR) is 179 cm³/mol. The van der Waals surface area contributed by atoms with Crippen LogP contribution in [0.3, 0.4) is 0 Å². The van der Waals surface area contributed by atoms with Crippen molar-refractivity contribution in [1.82, 2.24) is 14.5 Å². The van der Waals surface area contributed by atoms with Gasteiger partial charge < -0.3 is 30.6 Å². The molecule has 1 aromatic carbocycles. The number of aliphatic hydroxyl groups is 1. The lowest BCUT2D eigenvalue weighted by Gasteiger charge is -2.33. The van der Waals surface area contributed by atoms with E-state index in [4.69, 9.17) is 11.6 Å². The van der Waals surface area contributed by atoms with E-state index >= 15 is 0 Å². The maximum absolute atomic E-state index is 14.1. The number of aromatic amines is 1. The molecule has 0 saturated carbocycles. The Bertz CT molecular complexity index is 1810. The zero-order chi connectivity index (χ0) is 33.9. The van der Waals surface area contributed by atoms with Crippen LogP contribution in [0.25, 0.3) is 0 Å². The highest BCUT2D eigenvalue weighted by atomic mass is 35.5.